The molecule has 0 saturated carbocycles. The maximum Gasteiger partial charge on any atom is 0.164 e. The number of hydrogen-bond donors (Lipinski definition) is 1. The Hall–Kier alpha value is -0.683. The van der Waals surface area contributed by atoms with Gasteiger partial charge in [-0.05, 0) is 13.8 Å². The number of methoxy groups -OCH3 is 1. The number of ether oxygens (including phenoxy) is 4. The van der Waals surface area contributed by atoms with Gasteiger partial charge in [0.25, 0.3) is 0 Å². The zero-order valence-electron chi connectivity index (χ0n) is 14.4. The molecule has 0 aromatic carbocycles. The Bertz CT molecular complexity index is 432. The molecule has 126 valence electrons. The molecular formula is C16H28O5Si. The maximum atomic E-state index is 10.4. The Morgan fingerprint density at radius 3 is 2.50 bits per heavy atom. The van der Waals surface area contributed by atoms with Crippen LogP contribution in [0.3, 0.4) is 0 Å². The predicted octanol–water partition coefficient (Wildman–Crippen LogP) is 1.92. The van der Waals surface area contributed by atoms with Crippen molar-refractivity contribution in [1.29, 1.82) is 0 Å². The van der Waals surface area contributed by atoms with Crippen LogP contribution < -0.4 is 0 Å². The predicted molar refractivity (Wildman–Crippen MR) is 87.9 cm³/mol. The van der Waals surface area contributed by atoms with E-state index in [4.69, 9.17) is 18.9 Å². The van der Waals surface area contributed by atoms with Gasteiger partial charge in [0.1, 0.15) is 39.3 Å². The summed E-state index contributed by atoms with van der Waals surface area (Å²) in [7, 11) is -0.0645. The maximum absolute atomic E-state index is 10.4. The molecule has 1 fully saturated rings. The van der Waals surface area contributed by atoms with Gasteiger partial charge in [0, 0.05) is 7.11 Å². The SMILES string of the molecule is C=C[C@@H]1OC(C)(C)O[C@@H]1[C@H](OCOC)[C@H](O)C#C[Si](C)(C)C. The van der Waals surface area contributed by atoms with Gasteiger partial charge in [0.15, 0.2) is 5.79 Å². The molecule has 0 bridgehead atoms. The highest BCUT2D eigenvalue weighted by molar-refractivity contribution is 6.83. The molecule has 0 aliphatic carbocycles. The quantitative estimate of drug-likeness (QED) is 0.349. The van der Waals surface area contributed by atoms with Crippen molar-refractivity contribution < 1.29 is 24.1 Å². The molecular weight excluding hydrogens is 300 g/mol. The Kier molecular flexibility index (Phi) is 6.80. The average Bonchev–Trinajstić information content (AvgIpc) is 2.71. The highest BCUT2D eigenvalue weighted by Crippen LogP contribution is 2.32. The normalized spacial score (nSPS) is 26.9. The molecule has 0 spiro atoms. The van der Waals surface area contributed by atoms with E-state index < -0.39 is 32.2 Å². The van der Waals surface area contributed by atoms with Gasteiger partial charge in [-0.1, -0.05) is 31.6 Å². The smallest absolute Gasteiger partial charge is 0.164 e. The zero-order chi connectivity index (χ0) is 17.0. The van der Waals surface area contributed by atoms with Gasteiger partial charge in [-0.3, -0.25) is 0 Å². The van der Waals surface area contributed by atoms with Crippen molar-refractivity contribution in [3.8, 4) is 11.5 Å². The Morgan fingerprint density at radius 2 is 2.00 bits per heavy atom. The molecule has 0 amide bonds. The molecule has 1 N–H and O–H groups in total. The van der Waals surface area contributed by atoms with Crippen molar-refractivity contribution in [2.24, 2.45) is 0 Å². The van der Waals surface area contributed by atoms with Crippen LogP contribution in [0.2, 0.25) is 19.6 Å². The first-order chi connectivity index (χ1) is 10.1. The molecule has 5 nitrogen and oxygen atoms in total. The lowest BCUT2D eigenvalue weighted by Gasteiger charge is -2.27. The highest BCUT2D eigenvalue weighted by Gasteiger charge is 2.46. The summed E-state index contributed by atoms with van der Waals surface area (Å²) in [5.74, 6) is 2.14. The lowest BCUT2D eigenvalue weighted by Crippen LogP contribution is -2.44. The fourth-order valence-corrected chi connectivity index (χ4v) is 2.72. The van der Waals surface area contributed by atoms with Crippen LogP contribution in [-0.4, -0.2) is 57.3 Å². The van der Waals surface area contributed by atoms with E-state index in [9.17, 15) is 5.11 Å². The van der Waals surface area contributed by atoms with Crippen molar-refractivity contribution in [1.82, 2.24) is 0 Å². The van der Waals surface area contributed by atoms with Crippen LogP contribution in [0.4, 0.5) is 0 Å². The fourth-order valence-electron chi connectivity index (χ4n) is 2.14. The first-order valence-corrected chi connectivity index (χ1v) is 10.9. The van der Waals surface area contributed by atoms with Crippen LogP contribution in [0, 0.1) is 11.5 Å². The van der Waals surface area contributed by atoms with Crippen molar-refractivity contribution in [2.75, 3.05) is 13.9 Å². The van der Waals surface area contributed by atoms with E-state index in [1.54, 1.807) is 6.08 Å². The third-order valence-electron chi connectivity index (χ3n) is 3.00. The third-order valence-corrected chi connectivity index (χ3v) is 3.90. The summed E-state index contributed by atoms with van der Waals surface area (Å²) in [6.45, 7) is 13.8. The van der Waals surface area contributed by atoms with Crippen LogP contribution in [-0.2, 0) is 18.9 Å². The molecule has 1 saturated heterocycles. The van der Waals surface area contributed by atoms with E-state index in [-0.39, 0.29) is 12.9 Å². The molecule has 22 heavy (non-hydrogen) atoms. The van der Waals surface area contributed by atoms with Gasteiger partial charge >= 0.3 is 0 Å². The standard InChI is InChI=1S/C16H28O5Si/c1-8-13-15(21-16(2,3)20-13)14(19-11-18-4)12(17)9-10-22(5,6)7/h8,12-15,17H,1,11H2,2-7H3/t12-,13+,14-,15+/m1/s1. The number of hydrogen-bond acceptors (Lipinski definition) is 5. The summed E-state index contributed by atoms with van der Waals surface area (Å²) < 4.78 is 22.2. The lowest BCUT2D eigenvalue weighted by atomic mass is 10.0. The Morgan fingerprint density at radius 1 is 1.36 bits per heavy atom. The lowest BCUT2D eigenvalue weighted by molar-refractivity contribution is -0.181. The van der Waals surface area contributed by atoms with Gasteiger partial charge in [0.2, 0.25) is 0 Å². The molecule has 0 aromatic heterocycles. The second kappa shape index (κ2) is 7.73. The first kappa shape index (κ1) is 19.4. The molecule has 1 aliphatic rings. The second-order valence-corrected chi connectivity index (χ2v) is 11.6. The van der Waals surface area contributed by atoms with Gasteiger partial charge < -0.3 is 24.1 Å². The van der Waals surface area contributed by atoms with Gasteiger partial charge in [0.05, 0.1) is 0 Å². The van der Waals surface area contributed by atoms with Crippen molar-refractivity contribution in [2.45, 2.75) is 63.7 Å². The minimum atomic E-state index is -1.59. The summed E-state index contributed by atoms with van der Waals surface area (Å²) in [5, 5.41) is 10.4. The van der Waals surface area contributed by atoms with Gasteiger partial charge in [-0.2, -0.15) is 0 Å². The topological polar surface area (TPSA) is 57.2 Å². The highest BCUT2D eigenvalue weighted by atomic mass is 28.3. The largest absolute Gasteiger partial charge is 0.378 e. The number of aliphatic hydroxyl groups is 1. The Labute approximate surface area is 134 Å². The fraction of sp³-hybridized carbons (Fsp3) is 0.750. The Balaban J connectivity index is 2.96. The molecule has 1 aliphatic heterocycles. The molecule has 1 rings (SSSR count). The molecule has 6 heteroatoms. The minimum absolute atomic E-state index is 0.0422. The molecule has 0 radical (unpaired) electrons. The third kappa shape index (κ3) is 5.84. The average molecular weight is 328 g/mol. The second-order valence-electron chi connectivity index (χ2n) is 6.80. The van der Waals surface area contributed by atoms with Crippen LogP contribution in [0.5, 0.6) is 0 Å². The summed E-state index contributed by atoms with van der Waals surface area (Å²) in [6.07, 6.45) is -0.865. The summed E-state index contributed by atoms with van der Waals surface area (Å²) in [5.41, 5.74) is 3.15. The van der Waals surface area contributed by atoms with E-state index in [0.29, 0.717) is 0 Å². The monoisotopic (exact) mass is 328 g/mol. The van der Waals surface area contributed by atoms with E-state index in [0.717, 1.165) is 0 Å². The van der Waals surface area contributed by atoms with Crippen molar-refractivity contribution in [3.63, 3.8) is 0 Å². The molecule has 0 unspecified atom stereocenters. The van der Waals surface area contributed by atoms with Crippen molar-refractivity contribution >= 4 is 8.07 Å². The zero-order valence-corrected chi connectivity index (χ0v) is 15.4. The van der Waals surface area contributed by atoms with E-state index in [1.165, 1.54) is 7.11 Å². The van der Waals surface area contributed by atoms with E-state index in [2.05, 4.69) is 37.7 Å². The van der Waals surface area contributed by atoms with Crippen LogP contribution in [0.15, 0.2) is 12.7 Å². The van der Waals surface area contributed by atoms with E-state index in [1.807, 2.05) is 13.8 Å². The molecule has 1 heterocycles. The number of rotatable bonds is 6. The van der Waals surface area contributed by atoms with Crippen molar-refractivity contribution in [3.05, 3.63) is 12.7 Å². The van der Waals surface area contributed by atoms with Gasteiger partial charge in [-0.25, -0.2) is 0 Å². The van der Waals surface area contributed by atoms with Crippen LogP contribution in [0.25, 0.3) is 0 Å². The minimum Gasteiger partial charge on any atom is -0.378 e. The first-order valence-electron chi connectivity index (χ1n) is 7.39. The summed E-state index contributed by atoms with van der Waals surface area (Å²) in [4.78, 5) is 0. The van der Waals surface area contributed by atoms with Crippen LogP contribution >= 0.6 is 0 Å². The molecule has 0 aromatic rings. The van der Waals surface area contributed by atoms with E-state index >= 15 is 0 Å². The number of aliphatic hydroxyl groups excluding tert-OH is 1. The van der Waals surface area contributed by atoms with Crippen LogP contribution in [0.1, 0.15) is 13.8 Å². The molecule has 4 atom stereocenters. The van der Waals surface area contributed by atoms with Gasteiger partial charge in [-0.15, -0.1) is 12.1 Å². The summed E-state index contributed by atoms with van der Waals surface area (Å²) in [6, 6.07) is 0. The summed E-state index contributed by atoms with van der Waals surface area (Å²) >= 11 is 0.